The average molecular weight is 286 g/mol. The van der Waals surface area contributed by atoms with Gasteiger partial charge >= 0.3 is 0 Å². The Labute approximate surface area is 97.6 Å². The highest BCUT2D eigenvalue weighted by Gasteiger charge is 2.13. The number of hydrogen-bond donors (Lipinski definition) is 3. The van der Waals surface area contributed by atoms with Crippen molar-refractivity contribution in [2.45, 2.75) is 4.90 Å². The summed E-state index contributed by atoms with van der Waals surface area (Å²) < 4.78 is 45.3. The van der Waals surface area contributed by atoms with E-state index in [1.54, 1.807) is 0 Å². The minimum absolute atomic E-state index is 0.00132. The summed E-state index contributed by atoms with van der Waals surface area (Å²) in [5.74, 6) is 0. The first-order chi connectivity index (χ1) is 7.09. The van der Waals surface area contributed by atoms with Crippen molar-refractivity contribution in [3.8, 4) is 0 Å². The molecule has 0 aliphatic heterocycles. The van der Waals surface area contributed by atoms with E-state index in [1.807, 2.05) is 4.72 Å². The molecule has 0 saturated heterocycles. The van der Waals surface area contributed by atoms with Gasteiger partial charge < -0.3 is 0 Å². The van der Waals surface area contributed by atoms with Crippen LogP contribution in [0.4, 0.5) is 5.69 Å². The van der Waals surface area contributed by atoms with Gasteiger partial charge in [-0.1, -0.05) is 11.6 Å². The maximum atomic E-state index is 11.0. The van der Waals surface area contributed by atoms with Crippen LogP contribution in [0.1, 0.15) is 0 Å². The molecule has 90 valence electrons. The summed E-state index contributed by atoms with van der Waals surface area (Å²) in [6.07, 6.45) is 0. The molecular weight excluding hydrogens is 278 g/mol. The molecule has 0 aromatic heterocycles. The minimum atomic E-state index is -4.03. The van der Waals surface area contributed by atoms with Crippen LogP contribution in [0.3, 0.4) is 0 Å². The summed E-state index contributed by atoms with van der Waals surface area (Å²) in [6, 6.07) is 3.31. The fourth-order valence-electron chi connectivity index (χ4n) is 0.913. The fourth-order valence-corrected chi connectivity index (χ4v) is 2.15. The Kier molecular flexibility index (Phi) is 3.45. The SMILES string of the molecule is NS(=O)(=O)Nc1cc(S(N)(=O)=O)ccc1Cl. The summed E-state index contributed by atoms with van der Waals surface area (Å²) in [6.45, 7) is 0. The number of anilines is 1. The molecule has 1 aromatic rings. The molecule has 0 bridgehead atoms. The van der Waals surface area contributed by atoms with Crippen LogP contribution in [0.2, 0.25) is 5.02 Å². The first kappa shape index (κ1) is 13.2. The van der Waals surface area contributed by atoms with Gasteiger partial charge in [0.1, 0.15) is 0 Å². The molecule has 0 aliphatic rings. The zero-order chi connectivity index (χ0) is 12.6. The average Bonchev–Trinajstić information content (AvgIpc) is 2.04. The van der Waals surface area contributed by atoms with Crippen LogP contribution in [-0.2, 0) is 20.2 Å². The Morgan fingerprint density at radius 1 is 1.12 bits per heavy atom. The van der Waals surface area contributed by atoms with Crippen LogP contribution < -0.4 is 15.0 Å². The number of hydrogen-bond acceptors (Lipinski definition) is 4. The second kappa shape index (κ2) is 4.18. The number of benzene rings is 1. The third kappa shape index (κ3) is 3.61. The third-order valence-electron chi connectivity index (χ3n) is 1.52. The predicted molar refractivity (Wildman–Crippen MR) is 59.6 cm³/mol. The normalized spacial score (nSPS) is 12.4. The molecule has 10 heteroatoms. The maximum Gasteiger partial charge on any atom is 0.296 e. The van der Waals surface area contributed by atoms with Gasteiger partial charge in [-0.25, -0.2) is 18.7 Å². The van der Waals surface area contributed by atoms with Crippen molar-refractivity contribution in [3.05, 3.63) is 23.2 Å². The highest BCUT2D eigenvalue weighted by atomic mass is 35.5. The molecule has 0 fully saturated rings. The van der Waals surface area contributed by atoms with Crippen molar-refractivity contribution >= 4 is 37.5 Å². The van der Waals surface area contributed by atoms with Crippen molar-refractivity contribution in [2.24, 2.45) is 10.3 Å². The van der Waals surface area contributed by atoms with Crippen LogP contribution in [0.25, 0.3) is 0 Å². The standard InChI is InChI=1S/C6H8ClN3O4S2/c7-5-2-1-4(15(8,11)12)3-6(5)10-16(9,13)14/h1-3,10H,(H2,8,11,12)(H2,9,13,14). The van der Waals surface area contributed by atoms with Crippen molar-refractivity contribution in [1.82, 2.24) is 0 Å². The number of nitrogens with one attached hydrogen (secondary N) is 1. The molecule has 1 aromatic carbocycles. The Morgan fingerprint density at radius 2 is 1.69 bits per heavy atom. The largest absolute Gasteiger partial charge is 0.296 e. The molecule has 0 saturated carbocycles. The van der Waals surface area contributed by atoms with Gasteiger partial charge in [-0.3, -0.25) is 4.72 Å². The number of rotatable bonds is 3. The van der Waals surface area contributed by atoms with Gasteiger partial charge in [0.2, 0.25) is 10.0 Å². The number of primary sulfonamides is 1. The first-order valence-corrected chi connectivity index (χ1v) is 7.19. The van der Waals surface area contributed by atoms with E-state index < -0.39 is 20.2 Å². The van der Waals surface area contributed by atoms with Crippen molar-refractivity contribution < 1.29 is 16.8 Å². The molecule has 0 heterocycles. The topological polar surface area (TPSA) is 132 Å². The van der Waals surface area contributed by atoms with Gasteiger partial charge in [0.15, 0.2) is 0 Å². The second-order valence-electron chi connectivity index (χ2n) is 2.83. The lowest BCUT2D eigenvalue weighted by Crippen LogP contribution is -2.22. The van der Waals surface area contributed by atoms with Crippen LogP contribution in [0.5, 0.6) is 0 Å². The molecule has 0 aliphatic carbocycles. The van der Waals surface area contributed by atoms with Crippen molar-refractivity contribution in [3.63, 3.8) is 0 Å². The van der Waals surface area contributed by atoms with E-state index in [-0.39, 0.29) is 15.6 Å². The number of halogens is 1. The highest BCUT2D eigenvalue weighted by Crippen LogP contribution is 2.25. The molecule has 16 heavy (non-hydrogen) atoms. The van der Waals surface area contributed by atoms with Crippen LogP contribution in [0.15, 0.2) is 23.1 Å². The molecule has 7 nitrogen and oxygen atoms in total. The second-order valence-corrected chi connectivity index (χ2v) is 6.10. The van der Waals surface area contributed by atoms with Crippen LogP contribution in [0, 0.1) is 0 Å². The Morgan fingerprint density at radius 3 is 2.12 bits per heavy atom. The Bertz CT molecular complexity index is 611. The van der Waals surface area contributed by atoms with Gasteiger partial charge in [-0.15, -0.1) is 0 Å². The lowest BCUT2D eigenvalue weighted by atomic mass is 10.3. The smallest absolute Gasteiger partial charge is 0.270 e. The third-order valence-corrected chi connectivity index (χ3v) is 3.26. The summed E-state index contributed by atoms with van der Waals surface area (Å²) in [5, 5.41) is 9.58. The van der Waals surface area contributed by atoms with Crippen LogP contribution >= 0.6 is 11.6 Å². The van der Waals surface area contributed by atoms with Crippen molar-refractivity contribution in [2.75, 3.05) is 4.72 Å². The molecule has 0 spiro atoms. The van der Waals surface area contributed by atoms with Crippen molar-refractivity contribution in [1.29, 1.82) is 0 Å². The maximum absolute atomic E-state index is 11.0. The van der Waals surface area contributed by atoms with Gasteiger partial charge in [0.05, 0.1) is 15.6 Å². The molecule has 0 atom stereocenters. The highest BCUT2D eigenvalue weighted by molar-refractivity contribution is 7.90. The molecule has 1 rings (SSSR count). The number of sulfonamides is 1. The van der Waals surface area contributed by atoms with Gasteiger partial charge in [0, 0.05) is 0 Å². The first-order valence-electron chi connectivity index (χ1n) is 3.72. The summed E-state index contributed by atoms with van der Waals surface area (Å²) >= 11 is 5.63. The molecule has 0 unspecified atom stereocenters. The fraction of sp³-hybridized carbons (Fsp3) is 0. The van der Waals surface area contributed by atoms with Crippen LogP contribution in [-0.4, -0.2) is 16.8 Å². The van der Waals surface area contributed by atoms with E-state index >= 15 is 0 Å². The van der Waals surface area contributed by atoms with Gasteiger partial charge in [-0.2, -0.15) is 8.42 Å². The lowest BCUT2D eigenvalue weighted by Gasteiger charge is -2.07. The summed E-state index contributed by atoms with van der Waals surface area (Å²) in [4.78, 5) is -0.275. The van der Waals surface area contributed by atoms with E-state index in [0.29, 0.717) is 0 Å². The zero-order valence-corrected chi connectivity index (χ0v) is 10.1. The minimum Gasteiger partial charge on any atom is -0.270 e. The lowest BCUT2D eigenvalue weighted by molar-refractivity contribution is 0.596. The quantitative estimate of drug-likeness (QED) is 0.697. The molecule has 0 amide bonds. The van der Waals surface area contributed by atoms with E-state index in [2.05, 4.69) is 0 Å². The van der Waals surface area contributed by atoms with E-state index in [9.17, 15) is 16.8 Å². The monoisotopic (exact) mass is 285 g/mol. The summed E-state index contributed by atoms with van der Waals surface area (Å²) in [5.41, 5.74) is -0.157. The van der Waals surface area contributed by atoms with Gasteiger partial charge in [-0.05, 0) is 18.2 Å². The zero-order valence-electron chi connectivity index (χ0n) is 7.71. The van der Waals surface area contributed by atoms with E-state index in [0.717, 1.165) is 12.1 Å². The Hall–Kier alpha value is -0.870. The summed E-state index contributed by atoms with van der Waals surface area (Å²) in [7, 11) is -7.96. The molecule has 0 radical (unpaired) electrons. The predicted octanol–water partition coefficient (Wildman–Crippen LogP) is -0.397. The molecule has 5 N–H and O–H groups in total. The molecular formula is C6H8ClN3O4S2. The van der Waals surface area contributed by atoms with E-state index in [1.165, 1.54) is 6.07 Å². The van der Waals surface area contributed by atoms with Gasteiger partial charge in [0.25, 0.3) is 10.2 Å². The number of nitrogens with two attached hydrogens (primary N) is 2. The Balaban J connectivity index is 3.31. The van der Waals surface area contributed by atoms with E-state index in [4.69, 9.17) is 21.9 Å².